The van der Waals surface area contributed by atoms with Gasteiger partial charge in [-0.3, -0.25) is 0 Å². The van der Waals surface area contributed by atoms with Gasteiger partial charge in [0, 0.05) is 0 Å². The van der Waals surface area contributed by atoms with Crippen LogP contribution in [0.5, 0.6) is 0 Å². The van der Waals surface area contributed by atoms with Gasteiger partial charge in [-0.05, 0) is 27.7 Å². The van der Waals surface area contributed by atoms with Gasteiger partial charge >= 0.3 is 24.1 Å². The van der Waals surface area contributed by atoms with Crippen molar-refractivity contribution in [2.75, 3.05) is 52.9 Å². The number of nitrogens with one attached hydrogen (secondary N) is 2. The molecule has 0 fully saturated rings. The third-order valence-electron chi connectivity index (χ3n) is 5.91. The topological polar surface area (TPSA) is 273 Å². The number of amides is 2. The molecule has 2 unspecified atom stereocenters. The van der Waals surface area contributed by atoms with Crippen molar-refractivity contribution in [3.05, 3.63) is 0 Å². The molecule has 40 heavy (non-hydrogen) atoms. The molecule has 0 aliphatic heterocycles. The predicted octanol–water partition coefficient (Wildman–Crippen LogP) is -1.79. The number of rotatable bonds is 19. The molecule has 16 nitrogen and oxygen atoms in total. The summed E-state index contributed by atoms with van der Waals surface area (Å²) in [7, 11) is 1.79. The quantitative estimate of drug-likeness (QED) is 0.0714. The minimum Gasteiger partial charge on any atom is -0.480 e. The second-order valence-corrected chi connectivity index (χ2v) is 13.7. The predicted molar refractivity (Wildman–Crippen MR) is 143 cm³/mol. The molecule has 2 amide bonds. The molecule has 0 aromatic heterocycles. The van der Waals surface area contributed by atoms with E-state index in [2.05, 4.69) is 10.6 Å². The fraction of sp³-hybridized carbons (Fsp3) is 0.818. The molecule has 10 N–H and O–H groups in total. The second-order valence-electron chi connectivity index (χ2n) is 10.3. The average Bonchev–Trinajstić information content (AvgIpc) is 2.91. The molecule has 0 bridgehead atoms. The first-order valence-electron chi connectivity index (χ1n) is 11.8. The number of alkyl carbamates (subject to hydrolysis) is 2. The van der Waals surface area contributed by atoms with Crippen molar-refractivity contribution in [1.29, 1.82) is 0 Å². The van der Waals surface area contributed by atoms with E-state index in [1.807, 2.05) is 0 Å². The first-order valence-corrected chi connectivity index (χ1v) is 13.9. The summed E-state index contributed by atoms with van der Waals surface area (Å²) in [5, 5.41) is 79.8. The van der Waals surface area contributed by atoms with Gasteiger partial charge in [0.1, 0.15) is 25.3 Å². The highest BCUT2D eigenvalue weighted by molar-refractivity contribution is 8.77. The van der Waals surface area contributed by atoms with Gasteiger partial charge in [0.15, 0.2) is 0 Å². The van der Waals surface area contributed by atoms with Crippen LogP contribution in [0.15, 0.2) is 0 Å². The Kier molecular flexibility index (Phi) is 15.6. The van der Waals surface area contributed by atoms with Crippen LogP contribution in [0.4, 0.5) is 9.59 Å². The van der Waals surface area contributed by atoms with Crippen LogP contribution in [-0.2, 0) is 19.1 Å². The van der Waals surface area contributed by atoms with E-state index in [9.17, 15) is 60.0 Å². The number of hydrogen-bond donors (Lipinski definition) is 10. The first-order chi connectivity index (χ1) is 18.4. The van der Waals surface area contributed by atoms with E-state index in [4.69, 9.17) is 9.47 Å². The SMILES string of the molecule is CC(C)(SSC(C)(C)C(NC(=O)OCC(CO)(CO)CO)C(=O)O)C(NC(=O)OCC(CO)(CO)CO)C(=O)O. The molecule has 0 radical (unpaired) electrons. The van der Waals surface area contributed by atoms with Crippen LogP contribution in [0.2, 0.25) is 0 Å². The van der Waals surface area contributed by atoms with Crippen molar-refractivity contribution in [3.8, 4) is 0 Å². The van der Waals surface area contributed by atoms with Gasteiger partial charge in [-0.2, -0.15) is 0 Å². The van der Waals surface area contributed by atoms with Gasteiger partial charge in [-0.25, -0.2) is 19.2 Å². The van der Waals surface area contributed by atoms with Crippen LogP contribution in [0.25, 0.3) is 0 Å². The summed E-state index contributed by atoms with van der Waals surface area (Å²) in [6.45, 7) is 0.347. The molecule has 0 saturated heterocycles. The molecule has 0 rings (SSSR count). The Morgan fingerprint density at radius 1 is 0.600 bits per heavy atom. The Morgan fingerprint density at radius 3 is 1.05 bits per heavy atom. The van der Waals surface area contributed by atoms with Crippen LogP contribution in [-0.4, -0.2) is 139 Å². The Labute approximate surface area is 238 Å². The molecule has 0 aromatic rings. The lowest BCUT2D eigenvalue weighted by molar-refractivity contribution is -0.141. The maximum absolute atomic E-state index is 12.3. The van der Waals surface area contributed by atoms with Crippen molar-refractivity contribution < 1.29 is 69.5 Å². The highest BCUT2D eigenvalue weighted by atomic mass is 33.1. The Bertz CT molecular complexity index is 765. The fourth-order valence-electron chi connectivity index (χ4n) is 2.71. The van der Waals surface area contributed by atoms with Gasteiger partial charge in [-0.1, -0.05) is 21.6 Å². The highest BCUT2D eigenvalue weighted by Crippen LogP contribution is 2.46. The van der Waals surface area contributed by atoms with E-state index >= 15 is 0 Å². The lowest BCUT2D eigenvalue weighted by atomic mass is 9.93. The van der Waals surface area contributed by atoms with Crippen molar-refractivity contribution in [3.63, 3.8) is 0 Å². The summed E-state index contributed by atoms with van der Waals surface area (Å²) in [6, 6.07) is -3.16. The lowest BCUT2D eigenvalue weighted by Gasteiger charge is -2.36. The number of carboxylic acids is 2. The summed E-state index contributed by atoms with van der Waals surface area (Å²) in [4.78, 5) is 48.5. The molecule has 234 valence electrons. The number of ether oxygens (including phenoxy) is 2. The van der Waals surface area contributed by atoms with E-state index < -0.39 is 109 Å². The molecule has 18 heteroatoms. The molecule has 0 aliphatic rings. The first kappa shape index (κ1) is 37.9. The third-order valence-corrected chi connectivity index (χ3v) is 10.2. The van der Waals surface area contributed by atoms with Crippen molar-refractivity contribution in [2.45, 2.75) is 49.3 Å². The number of aliphatic hydroxyl groups excluding tert-OH is 6. The molecule has 0 aliphatic carbocycles. The number of aliphatic hydroxyl groups is 6. The molecule has 0 saturated carbocycles. The summed E-state index contributed by atoms with van der Waals surface area (Å²) in [5.41, 5.74) is -3.06. The Morgan fingerprint density at radius 2 is 0.850 bits per heavy atom. The van der Waals surface area contributed by atoms with E-state index in [0.717, 1.165) is 21.6 Å². The summed E-state index contributed by atoms with van der Waals surface area (Å²) in [5.74, 6) is -2.91. The second kappa shape index (κ2) is 16.4. The maximum Gasteiger partial charge on any atom is 0.407 e. The molecule has 0 spiro atoms. The standard InChI is InChI=1S/C22H40N2O14S2/c1-19(2,13(15(31)32)23-17(35)37-11-21(5-25,6-26)7-27)39-40-20(3,4)14(16(33)34)24-18(36)38-12-22(8-28,9-29)10-30/h13-14,25-30H,5-12H2,1-4H3,(H,23,35)(H,24,36)(H,31,32)(H,33,34). The summed E-state index contributed by atoms with van der Waals surface area (Å²) < 4.78 is 7.17. The van der Waals surface area contributed by atoms with Crippen molar-refractivity contribution in [2.24, 2.45) is 10.8 Å². The molecule has 0 heterocycles. The summed E-state index contributed by atoms with van der Waals surface area (Å²) >= 11 is 0. The van der Waals surface area contributed by atoms with Crippen molar-refractivity contribution in [1.82, 2.24) is 10.6 Å². The Balaban J connectivity index is 5.45. The van der Waals surface area contributed by atoms with Gasteiger partial charge in [0.25, 0.3) is 0 Å². The van der Waals surface area contributed by atoms with Crippen LogP contribution >= 0.6 is 21.6 Å². The zero-order valence-corrected chi connectivity index (χ0v) is 24.3. The molecule has 2 atom stereocenters. The smallest absolute Gasteiger partial charge is 0.407 e. The number of hydrogen-bond acceptors (Lipinski definition) is 14. The van der Waals surface area contributed by atoms with Crippen molar-refractivity contribution >= 4 is 45.7 Å². The molecule has 0 aromatic carbocycles. The minimum absolute atomic E-state index is 0.609. The van der Waals surface area contributed by atoms with Crippen LogP contribution in [0, 0.1) is 10.8 Å². The number of carbonyl (C=O) groups is 4. The van der Waals surface area contributed by atoms with E-state index in [1.165, 1.54) is 27.7 Å². The van der Waals surface area contributed by atoms with E-state index in [1.54, 1.807) is 0 Å². The van der Waals surface area contributed by atoms with E-state index in [0.29, 0.717) is 0 Å². The van der Waals surface area contributed by atoms with Crippen LogP contribution in [0.3, 0.4) is 0 Å². The zero-order chi connectivity index (χ0) is 31.4. The molecular weight excluding hydrogens is 580 g/mol. The maximum atomic E-state index is 12.3. The lowest BCUT2D eigenvalue weighted by Crippen LogP contribution is -2.55. The summed E-state index contributed by atoms with van der Waals surface area (Å²) in [6.07, 6.45) is -2.41. The normalized spacial score (nSPS) is 14.2. The van der Waals surface area contributed by atoms with Gasteiger partial charge < -0.3 is 61.0 Å². The van der Waals surface area contributed by atoms with Gasteiger partial charge in [0.2, 0.25) is 0 Å². The monoisotopic (exact) mass is 620 g/mol. The number of aliphatic carboxylic acids is 2. The molecular formula is C22H40N2O14S2. The average molecular weight is 621 g/mol. The van der Waals surface area contributed by atoms with Crippen LogP contribution in [0.1, 0.15) is 27.7 Å². The highest BCUT2D eigenvalue weighted by Gasteiger charge is 2.44. The number of carboxylic acid groups (broad SMARTS) is 2. The number of carbonyl (C=O) groups excluding carboxylic acids is 2. The Hall–Kier alpha value is -2.06. The van der Waals surface area contributed by atoms with Crippen LogP contribution < -0.4 is 10.6 Å². The van der Waals surface area contributed by atoms with Gasteiger partial charge in [0.05, 0.1) is 60.0 Å². The van der Waals surface area contributed by atoms with Gasteiger partial charge in [-0.15, -0.1) is 0 Å². The minimum atomic E-state index is -1.58. The third kappa shape index (κ3) is 11.1. The zero-order valence-electron chi connectivity index (χ0n) is 22.7. The largest absolute Gasteiger partial charge is 0.480 e. The van der Waals surface area contributed by atoms with E-state index in [-0.39, 0.29) is 0 Å². The fourth-order valence-corrected chi connectivity index (χ4v) is 5.51.